The van der Waals surface area contributed by atoms with E-state index in [1.54, 1.807) is 36.6 Å². The van der Waals surface area contributed by atoms with Crippen molar-refractivity contribution in [2.75, 3.05) is 26.2 Å². The summed E-state index contributed by atoms with van der Waals surface area (Å²) < 4.78 is 0. The molecule has 1 aliphatic carbocycles. The molecule has 5 rings (SSSR count). The standard InChI is InChI=1S/C26H24N4O2/c31-30(32)25-14-6-1-8-20(25)9-7-15-27-29-18-16-28(17-19-29)26-23-12-4-2-10-21(23)22-11-3-5-13-24(22)26/h1-15,26H,16-19H2/b9-7-,27-15-. The highest BCUT2D eigenvalue weighted by atomic mass is 16.6. The number of nitrogens with zero attached hydrogens (tertiary/aromatic N) is 4. The Labute approximate surface area is 187 Å². The predicted octanol–water partition coefficient (Wildman–Crippen LogP) is 4.98. The van der Waals surface area contributed by atoms with Crippen LogP contribution in [0.1, 0.15) is 22.7 Å². The van der Waals surface area contributed by atoms with Crippen LogP contribution in [0.2, 0.25) is 0 Å². The van der Waals surface area contributed by atoms with Crippen molar-refractivity contribution in [2.45, 2.75) is 6.04 Å². The number of rotatable bonds is 5. The maximum absolute atomic E-state index is 11.1. The number of hydrogen-bond donors (Lipinski definition) is 0. The van der Waals surface area contributed by atoms with Gasteiger partial charge in [-0.05, 0) is 40.5 Å². The Hall–Kier alpha value is -3.77. The number of piperazine rings is 1. The van der Waals surface area contributed by atoms with Crippen molar-refractivity contribution >= 4 is 18.0 Å². The average Bonchev–Trinajstić information content (AvgIpc) is 3.17. The predicted molar refractivity (Wildman–Crippen MR) is 127 cm³/mol. The fourth-order valence-electron chi connectivity index (χ4n) is 4.68. The largest absolute Gasteiger partial charge is 0.294 e. The molecule has 0 saturated carbocycles. The maximum Gasteiger partial charge on any atom is 0.276 e. The van der Waals surface area contributed by atoms with Crippen molar-refractivity contribution in [3.05, 3.63) is 106 Å². The van der Waals surface area contributed by atoms with E-state index in [0.29, 0.717) is 11.6 Å². The van der Waals surface area contributed by atoms with Crippen molar-refractivity contribution in [1.82, 2.24) is 9.91 Å². The zero-order valence-corrected chi connectivity index (χ0v) is 17.7. The lowest BCUT2D eigenvalue weighted by molar-refractivity contribution is -0.385. The van der Waals surface area contributed by atoms with E-state index in [4.69, 9.17) is 0 Å². The lowest BCUT2D eigenvalue weighted by Gasteiger charge is -2.37. The first-order valence-electron chi connectivity index (χ1n) is 10.8. The van der Waals surface area contributed by atoms with Gasteiger partial charge in [-0.3, -0.25) is 20.0 Å². The van der Waals surface area contributed by atoms with Crippen LogP contribution in [0.3, 0.4) is 0 Å². The number of hydrogen-bond acceptors (Lipinski definition) is 5. The highest BCUT2D eigenvalue weighted by molar-refractivity contribution is 5.80. The Kier molecular flexibility index (Phi) is 5.52. The molecule has 0 aromatic heterocycles. The van der Waals surface area contributed by atoms with Crippen molar-refractivity contribution in [2.24, 2.45) is 5.10 Å². The minimum Gasteiger partial charge on any atom is -0.294 e. The minimum absolute atomic E-state index is 0.0999. The molecule has 1 aliphatic heterocycles. The SMILES string of the molecule is O=[N+]([O-])c1ccccc1/C=C\C=N/N1CCN(C2c3ccccc3-c3ccccc32)CC1. The number of benzene rings is 3. The van der Waals surface area contributed by atoms with Gasteiger partial charge in [0, 0.05) is 38.5 Å². The quantitative estimate of drug-likeness (QED) is 0.329. The zero-order chi connectivity index (χ0) is 21.9. The Morgan fingerprint density at radius 2 is 1.44 bits per heavy atom. The summed E-state index contributed by atoms with van der Waals surface area (Å²) in [6, 6.07) is 24.4. The molecule has 3 aromatic rings. The Balaban J connectivity index is 1.24. The summed E-state index contributed by atoms with van der Waals surface area (Å²) in [6.07, 6.45) is 5.20. The lowest BCUT2D eigenvalue weighted by Crippen LogP contribution is -2.45. The molecule has 3 aromatic carbocycles. The smallest absolute Gasteiger partial charge is 0.276 e. The Bertz CT molecular complexity index is 1150. The summed E-state index contributed by atoms with van der Waals surface area (Å²) in [4.78, 5) is 13.3. The zero-order valence-electron chi connectivity index (χ0n) is 17.7. The fraction of sp³-hybridized carbons (Fsp3) is 0.192. The molecule has 0 atom stereocenters. The molecule has 32 heavy (non-hydrogen) atoms. The topological polar surface area (TPSA) is 62.0 Å². The van der Waals surface area contributed by atoms with Crippen molar-refractivity contribution in [3.63, 3.8) is 0 Å². The van der Waals surface area contributed by atoms with E-state index in [0.717, 1.165) is 26.2 Å². The highest BCUT2D eigenvalue weighted by Crippen LogP contribution is 2.46. The van der Waals surface area contributed by atoms with Gasteiger partial charge in [0.15, 0.2) is 0 Å². The van der Waals surface area contributed by atoms with Crippen molar-refractivity contribution in [1.29, 1.82) is 0 Å². The lowest BCUT2D eigenvalue weighted by atomic mass is 10.0. The summed E-state index contributed by atoms with van der Waals surface area (Å²) in [5, 5.41) is 17.7. The molecular formula is C26H24N4O2. The Morgan fingerprint density at radius 1 is 0.844 bits per heavy atom. The van der Waals surface area contributed by atoms with E-state index in [2.05, 4.69) is 63.5 Å². The third kappa shape index (κ3) is 3.81. The van der Waals surface area contributed by atoms with Gasteiger partial charge in [0.2, 0.25) is 0 Å². The van der Waals surface area contributed by atoms with E-state index in [1.807, 2.05) is 0 Å². The van der Waals surface area contributed by atoms with Crippen molar-refractivity contribution in [3.8, 4) is 11.1 Å². The highest BCUT2D eigenvalue weighted by Gasteiger charge is 2.33. The third-order valence-corrected chi connectivity index (χ3v) is 6.18. The molecular weight excluding hydrogens is 400 g/mol. The molecule has 2 aliphatic rings. The second-order valence-corrected chi connectivity index (χ2v) is 8.01. The van der Waals surface area contributed by atoms with Crippen LogP contribution in [-0.4, -0.2) is 47.2 Å². The molecule has 160 valence electrons. The van der Waals surface area contributed by atoms with Gasteiger partial charge >= 0.3 is 0 Å². The van der Waals surface area contributed by atoms with Gasteiger partial charge in [-0.15, -0.1) is 0 Å². The monoisotopic (exact) mass is 424 g/mol. The molecule has 0 radical (unpaired) electrons. The molecule has 1 saturated heterocycles. The first kappa shape index (κ1) is 20.2. The Morgan fingerprint density at radius 3 is 2.09 bits per heavy atom. The molecule has 0 N–H and O–H groups in total. The van der Waals surface area contributed by atoms with Gasteiger partial charge in [0.05, 0.1) is 16.5 Å². The van der Waals surface area contributed by atoms with Gasteiger partial charge in [0.25, 0.3) is 5.69 Å². The van der Waals surface area contributed by atoms with Gasteiger partial charge < -0.3 is 0 Å². The molecule has 0 spiro atoms. The molecule has 6 nitrogen and oxygen atoms in total. The molecule has 0 unspecified atom stereocenters. The normalized spacial score (nSPS) is 16.6. The molecule has 1 heterocycles. The first-order chi connectivity index (χ1) is 15.7. The van der Waals surface area contributed by atoms with Crippen LogP contribution >= 0.6 is 0 Å². The van der Waals surface area contributed by atoms with Crippen LogP contribution in [0, 0.1) is 10.1 Å². The van der Waals surface area contributed by atoms with Crippen LogP contribution < -0.4 is 0 Å². The van der Waals surface area contributed by atoms with E-state index >= 15 is 0 Å². The van der Waals surface area contributed by atoms with E-state index in [1.165, 1.54) is 28.3 Å². The van der Waals surface area contributed by atoms with Gasteiger partial charge in [-0.25, -0.2) is 0 Å². The summed E-state index contributed by atoms with van der Waals surface area (Å²) >= 11 is 0. The van der Waals surface area contributed by atoms with E-state index in [-0.39, 0.29) is 10.6 Å². The number of allylic oxidation sites excluding steroid dienone is 1. The maximum atomic E-state index is 11.1. The number of para-hydroxylation sites is 1. The fourth-order valence-corrected chi connectivity index (χ4v) is 4.68. The molecule has 1 fully saturated rings. The van der Waals surface area contributed by atoms with Gasteiger partial charge in [-0.2, -0.15) is 5.10 Å². The summed E-state index contributed by atoms with van der Waals surface area (Å²) in [6.45, 7) is 3.55. The molecule has 6 heteroatoms. The molecule has 0 amide bonds. The summed E-state index contributed by atoms with van der Waals surface area (Å²) in [5.74, 6) is 0. The second kappa shape index (κ2) is 8.77. The average molecular weight is 425 g/mol. The van der Waals surface area contributed by atoms with Crippen LogP contribution in [0.15, 0.2) is 84.0 Å². The number of nitro benzene ring substituents is 1. The second-order valence-electron chi connectivity index (χ2n) is 8.01. The van der Waals surface area contributed by atoms with Crippen LogP contribution in [0.5, 0.6) is 0 Å². The van der Waals surface area contributed by atoms with E-state index in [9.17, 15) is 10.1 Å². The molecule has 0 bridgehead atoms. The number of hydrazone groups is 1. The first-order valence-corrected chi connectivity index (χ1v) is 10.8. The van der Waals surface area contributed by atoms with Crippen LogP contribution in [0.25, 0.3) is 17.2 Å². The summed E-state index contributed by atoms with van der Waals surface area (Å²) in [5.41, 5.74) is 6.13. The van der Waals surface area contributed by atoms with Crippen LogP contribution in [-0.2, 0) is 0 Å². The van der Waals surface area contributed by atoms with E-state index < -0.39 is 0 Å². The van der Waals surface area contributed by atoms with Crippen LogP contribution in [0.4, 0.5) is 5.69 Å². The minimum atomic E-state index is -0.366. The third-order valence-electron chi connectivity index (χ3n) is 6.18. The number of fused-ring (bicyclic) bond motifs is 3. The van der Waals surface area contributed by atoms with Gasteiger partial charge in [0.1, 0.15) is 0 Å². The summed E-state index contributed by atoms with van der Waals surface area (Å²) in [7, 11) is 0. The van der Waals surface area contributed by atoms with Crippen molar-refractivity contribution < 1.29 is 4.92 Å². The number of nitro groups is 1. The van der Waals surface area contributed by atoms with Gasteiger partial charge in [-0.1, -0.05) is 60.7 Å².